The zero-order valence-corrected chi connectivity index (χ0v) is 19.8. The largest absolute Gasteiger partial charge is 0.481 e. The molecule has 174 valence electrons. The number of aromatic nitrogens is 2. The van der Waals surface area contributed by atoms with Gasteiger partial charge in [0, 0.05) is 5.56 Å². The lowest BCUT2D eigenvalue weighted by Crippen LogP contribution is -2.41. The van der Waals surface area contributed by atoms with Crippen LogP contribution in [0.5, 0.6) is 5.88 Å². The summed E-state index contributed by atoms with van der Waals surface area (Å²) in [5.41, 5.74) is 10.8. The van der Waals surface area contributed by atoms with Gasteiger partial charge in [-0.2, -0.15) is 4.98 Å². The van der Waals surface area contributed by atoms with Crippen molar-refractivity contribution in [2.24, 2.45) is 16.8 Å². The maximum absolute atomic E-state index is 11.4. The van der Waals surface area contributed by atoms with Gasteiger partial charge in [0.25, 0.3) is 0 Å². The van der Waals surface area contributed by atoms with Crippen molar-refractivity contribution in [3.63, 3.8) is 0 Å². The summed E-state index contributed by atoms with van der Waals surface area (Å²) in [5, 5.41) is 9.40. The van der Waals surface area contributed by atoms with Gasteiger partial charge < -0.3 is 15.6 Å². The van der Waals surface area contributed by atoms with E-state index in [2.05, 4.69) is 28.2 Å². The maximum atomic E-state index is 11.4. The van der Waals surface area contributed by atoms with Gasteiger partial charge >= 0.3 is 5.97 Å². The van der Waals surface area contributed by atoms with Crippen LogP contribution in [0.3, 0.4) is 0 Å². The average Bonchev–Trinajstić information content (AvgIpc) is 3.10. The topological polar surface area (TPSA) is 111 Å². The number of nitrogen functional groups attached to an aromatic ring is 1. The fourth-order valence-corrected chi connectivity index (χ4v) is 6.07. The molecular formula is C26H32N4O3. The Kier molecular flexibility index (Phi) is 4.99. The summed E-state index contributed by atoms with van der Waals surface area (Å²) < 4.78 is 6.22. The highest BCUT2D eigenvalue weighted by Crippen LogP contribution is 2.51. The van der Waals surface area contributed by atoms with E-state index < -0.39 is 11.6 Å². The second-order valence-corrected chi connectivity index (χ2v) is 10.5. The molecule has 1 saturated carbocycles. The first-order chi connectivity index (χ1) is 15.6. The van der Waals surface area contributed by atoms with Crippen molar-refractivity contribution in [1.82, 2.24) is 9.97 Å². The van der Waals surface area contributed by atoms with E-state index in [1.165, 1.54) is 11.1 Å². The monoisotopic (exact) mass is 448 g/mol. The van der Waals surface area contributed by atoms with Crippen LogP contribution in [0.25, 0.3) is 0 Å². The molecule has 1 fully saturated rings. The van der Waals surface area contributed by atoms with Gasteiger partial charge in [0.05, 0.1) is 11.6 Å². The number of carboxylic acids is 1. The number of nitrogens with two attached hydrogens (primary N) is 1. The second kappa shape index (κ2) is 7.54. The van der Waals surface area contributed by atoms with E-state index in [0.29, 0.717) is 23.2 Å². The standard InChI is InChI=1S/C26H32N4O3/c1-14(24(31)32)16-7-10-26(11-8-16)12-9-17-13-18(5-6-19(17)26)21-25(3,4)33-23-20(30-21)22(27)28-15(2)29-23/h5-6,13-14,16H,7-12H2,1-4H3,(H,31,32)(H2,27,28,29)/t14-,16?,26?/m0/s1. The number of rotatable bonds is 3. The zero-order valence-electron chi connectivity index (χ0n) is 19.8. The van der Waals surface area contributed by atoms with E-state index in [9.17, 15) is 9.90 Å². The van der Waals surface area contributed by atoms with Crippen LogP contribution in [0.4, 0.5) is 11.5 Å². The highest BCUT2D eigenvalue weighted by atomic mass is 16.5. The molecule has 0 saturated heterocycles. The number of hydrogen-bond donors (Lipinski definition) is 2. The SMILES string of the molecule is Cc1nc(N)c2c(n1)OC(C)(C)C(c1ccc3c(c1)CCC31CCC([C@H](C)C(=O)O)CC1)=N2. The van der Waals surface area contributed by atoms with Crippen LogP contribution >= 0.6 is 0 Å². The Balaban J connectivity index is 1.45. The lowest BCUT2D eigenvalue weighted by molar-refractivity contribution is -0.143. The van der Waals surface area contributed by atoms with E-state index >= 15 is 0 Å². The second-order valence-electron chi connectivity index (χ2n) is 10.5. The van der Waals surface area contributed by atoms with Crippen LogP contribution in [0, 0.1) is 18.8 Å². The first-order valence-corrected chi connectivity index (χ1v) is 11.9. The summed E-state index contributed by atoms with van der Waals surface area (Å²) in [4.78, 5) is 24.9. The molecule has 1 aromatic carbocycles. The Labute approximate surface area is 194 Å². The van der Waals surface area contributed by atoms with Gasteiger partial charge in [0.2, 0.25) is 5.88 Å². The first kappa shape index (κ1) is 21.9. The minimum Gasteiger partial charge on any atom is -0.481 e. The van der Waals surface area contributed by atoms with Gasteiger partial charge in [0.15, 0.2) is 11.5 Å². The van der Waals surface area contributed by atoms with Crippen molar-refractivity contribution < 1.29 is 14.6 Å². The van der Waals surface area contributed by atoms with E-state index in [4.69, 9.17) is 15.5 Å². The Morgan fingerprint density at radius 3 is 2.64 bits per heavy atom. The van der Waals surface area contributed by atoms with Crippen LogP contribution in [-0.2, 0) is 16.6 Å². The predicted octanol–water partition coefficient (Wildman–Crippen LogP) is 4.75. The number of nitrogens with zero attached hydrogens (tertiary/aromatic N) is 3. The Morgan fingerprint density at radius 2 is 1.94 bits per heavy atom. The molecule has 33 heavy (non-hydrogen) atoms. The fraction of sp³-hybridized carbons (Fsp3) is 0.538. The molecule has 2 heterocycles. The van der Waals surface area contributed by atoms with E-state index in [1.54, 1.807) is 6.92 Å². The van der Waals surface area contributed by atoms with Crippen molar-refractivity contribution in [2.75, 3.05) is 5.73 Å². The Hall–Kier alpha value is -2.96. The van der Waals surface area contributed by atoms with E-state index in [1.807, 2.05) is 20.8 Å². The number of aryl methyl sites for hydroxylation is 2. The normalized spacial score (nSPS) is 26.2. The van der Waals surface area contributed by atoms with Crippen molar-refractivity contribution in [2.45, 2.75) is 77.2 Å². The van der Waals surface area contributed by atoms with Gasteiger partial charge in [-0.05, 0) is 87.8 Å². The molecule has 0 bridgehead atoms. The molecule has 0 amide bonds. The number of benzene rings is 1. The molecular weight excluding hydrogens is 416 g/mol. The number of carboxylic acid groups (broad SMARTS) is 1. The molecule has 1 aliphatic heterocycles. The maximum Gasteiger partial charge on any atom is 0.306 e. The smallest absolute Gasteiger partial charge is 0.306 e. The highest BCUT2D eigenvalue weighted by Gasteiger charge is 2.44. The van der Waals surface area contributed by atoms with Gasteiger partial charge in [-0.15, -0.1) is 0 Å². The molecule has 7 heteroatoms. The molecule has 2 aliphatic carbocycles. The van der Waals surface area contributed by atoms with Crippen LogP contribution in [0.1, 0.15) is 75.4 Å². The summed E-state index contributed by atoms with van der Waals surface area (Å²) in [6.07, 6.45) is 6.28. The third-order valence-corrected chi connectivity index (χ3v) is 8.04. The summed E-state index contributed by atoms with van der Waals surface area (Å²) in [5.74, 6) is 0.672. The molecule has 1 atom stereocenters. The van der Waals surface area contributed by atoms with Crippen LogP contribution in [0.15, 0.2) is 23.2 Å². The minimum absolute atomic E-state index is 0.186. The molecule has 2 aromatic rings. The highest BCUT2D eigenvalue weighted by molar-refractivity contribution is 6.09. The molecule has 3 aliphatic rings. The van der Waals surface area contributed by atoms with Gasteiger partial charge in [0.1, 0.15) is 11.4 Å². The molecule has 1 spiro atoms. The van der Waals surface area contributed by atoms with Crippen molar-refractivity contribution >= 4 is 23.2 Å². The van der Waals surface area contributed by atoms with E-state index in [0.717, 1.165) is 49.8 Å². The molecule has 7 nitrogen and oxygen atoms in total. The molecule has 0 radical (unpaired) electrons. The number of ether oxygens (including phenoxy) is 1. The number of anilines is 1. The van der Waals surface area contributed by atoms with Crippen molar-refractivity contribution in [3.8, 4) is 5.88 Å². The lowest BCUT2D eigenvalue weighted by atomic mass is 9.65. The summed E-state index contributed by atoms with van der Waals surface area (Å²) in [7, 11) is 0. The quantitative estimate of drug-likeness (QED) is 0.701. The molecule has 0 unspecified atom stereocenters. The fourth-order valence-electron chi connectivity index (χ4n) is 6.07. The van der Waals surface area contributed by atoms with Crippen molar-refractivity contribution in [3.05, 3.63) is 40.7 Å². The van der Waals surface area contributed by atoms with Crippen LogP contribution in [-0.4, -0.2) is 32.4 Å². The number of hydrogen-bond acceptors (Lipinski definition) is 6. The van der Waals surface area contributed by atoms with Crippen LogP contribution < -0.4 is 10.5 Å². The third-order valence-electron chi connectivity index (χ3n) is 8.04. The van der Waals surface area contributed by atoms with Crippen LogP contribution in [0.2, 0.25) is 0 Å². The minimum atomic E-state index is -0.673. The first-order valence-electron chi connectivity index (χ1n) is 11.9. The summed E-state index contributed by atoms with van der Waals surface area (Å²) in [6.45, 7) is 7.65. The summed E-state index contributed by atoms with van der Waals surface area (Å²) in [6, 6.07) is 6.68. The number of aliphatic carboxylic acids is 1. The Morgan fingerprint density at radius 1 is 1.21 bits per heavy atom. The average molecular weight is 449 g/mol. The number of aliphatic imine (C=N–C) groups is 1. The van der Waals surface area contributed by atoms with Gasteiger partial charge in [-0.3, -0.25) is 4.79 Å². The summed E-state index contributed by atoms with van der Waals surface area (Å²) >= 11 is 0. The van der Waals surface area contributed by atoms with Crippen molar-refractivity contribution in [1.29, 1.82) is 0 Å². The predicted molar refractivity (Wildman–Crippen MR) is 127 cm³/mol. The van der Waals surface area contributed by atoms with Gasteiger partial charge in [-0.1, -0.05) is 19.1 Å². The lowest BCUT2D eigenvalue weighted by Gasteiger charge is -2.39. The zero-order chi connectivity index (χ0) is 23.5. The third kappa shape index (κ3) is 3.58. The number of fused-ring (bicyclic) bond motifs is 3. The number of carbonyl (C=O) groups is 1. The molecule has 3 N–H and O–H groups in total. The van der Waals surface area contributed by atoms with E-state index in [-0.39, 0.29) is 17.3 Å². The van der Waals surface area contributed by atoms with Gasteiger partial charge in [-0.25, -0.2) is 9.98 Å². The molecule has 1 aromatic heterocycles. The molecule has 5 rings (SSSR count). The Bertz CT molecular complexity index is 1160.